The van der Waals surface area contributed by atoms with Crippen LogP contribution in [0.15, 0.2) is 0 Å². The second kappa shape index (κ2) is 6.28. The molecule has 1 aliphatic rings. The van der Waals surface area contributed by atoms with Gasteiger partial charge in [-0.1, -0.05) is 24.0 Å². The summed E-state index contributed by atoms with van der Waals surface area (Å²) in [6.45, 7) is -0.378. The van der Waals surface area contributed by atoms with E-state index in [4.69, 9.17) is 27.8 Å². The standard InChI is InChI=1S/C9H18N2O4S2/c1-11(2)9(16)17-8-5(10)7(14)6(13)4(3-12)15-8/h4-8,12-14H,3,10H2,1-2H3/t4-,5-,6-,7-,8+/m1/s1. The van der Waals surface area contributed by atoms with E-state index in [0.717, 1.165) is 0 Å². The van der Waals surface area contributed by atoms with E-state index in [0.29, 0.717) is 4.32 Å². The van der Waals surface area contributed by atoms with E-state index >= 15 is 0 Å². The van der Waals surface area contributed by atoms with E-state index in [1.807, 2.05) is 0 Å². The third-order valence-corrected chi connectivity index (χ3v) is 4.39. The molecule has 1 heterocycles. The fraction of sp³-hybridized carbons (Fsp3) is 0.889. The number of nitrogens with two attached hydrogens (primary N) is 1. The average molecular weight is 282 g/mol. The molecule has 0 bridgehead atoms. The van der Waals surface area contributed by atoms with Gasteiger partial charge in [0.25, 0.3) is 0 Å². The highest BCUT2D eigenvalue weighted by molar-refractivity contribution is 8.23. The van der Waals surface area contributed by atoms with Crippen LogP contribution >= 0.6 is 24.0 Å². The number of hydrogen-bond donors (Lipinski definition) is 4. The lowest BCUT2D eigenvalue weighted by molar-refractivity contribution is -0.165. The molecule has 0 amide bonds. The molecule has 17 heavy (non-hydrogen) atoms. The molecule has 0 radical (unpaired) electrons. The van der Waals surface area contributed by atoms with E-state index in [2.05, 4.69) is 0 Å². The third kappa shape index (κ3) is 3.50. The highest BCUT2D eigenvalue weighted by Gasteiger charge is 2.43. The lowest BCUT2D eigenvalue weighted by atomic mass is 9.99. The van der Waals surface area contributed by atoms with Crippen LogP contribution in [-0.4, -0.2) is 75.0 Å². The molecule has 0 spiro atoms. The van der Waals surface area contributed by atoms with Crippen molar-refractivity contribution in [3.63, 3.8) is 0 Å². The van der Waals surface area contributed by atoms with Gasteiger partial charge in [-0.3, -0.25) is 0 Å². The first-order valence-corrected chi connectivity index (χ1v) is 6.43. The van der Waals surface area contributed by atoms with Gasteiger partial charge in [-0.05, 0) is 0 Å². The van der Waals surface area contributed by atoms with Crippen molar-refractivity contribution in [3.05, 3.63) is 0 Å². The summed E-state index contributed by atoms with van der Waals surface area (Å²) in [6.07, 6.45) is -3.16. The zero-order valence-electron chi connectivity index (χ0n) is 9.68. The molecule has 0 aromatic carbocycles. The molecule has 0 saturated carbocycles. The van der Waals surface area contributed by atoms with Crippen LogP contribution < -0.4 is 5.73 Å². The average Bonchev–Trinajstić information content (AvgIpc) is 2.29. The van der Waals surface area contributed by atoms with Gasteiger partial charge in [0, 0.05) is 14.1 Å². The van der Waals surface area contributed by atoms with Crippen LogP contribution in [0.25, 0.3) is 0 Å². The van der Waals surface area contributed by atoms with Crippen molar-refractivity contribution >= 4 is 28.3 Å². The van der Waals surface area contributed by atoms with Crippen LogP contribution in [0.3, 0.4) is 0 Å². The Bertz CT molecular complexity index is 278. The van der Waals surface area contributed by atoms with Gasteiger partial charge in [-0.2, -0.15) is 0 Å². The first kappa shape index (κ1) is 15.1. The number of hydrogen-bond acceptors (Lipinski definition) is 7. The third-order valence-electron chi connectivity index (χ3n) is 2.51. The van der Waals surface area contributed by atoms with Crippen LogP contribution in [0, 0.1) is 0 Å². The fourth-order valence-electron chi connectivity index (χ4n) is 1.41. The number of rotatable bonds is 2. The topological polar surface area (TPSA) is 99.2 Å². The van der Waals surface area contributed by atoms with Gasteiger partial charge in [0.2, 0.25) is 0 Å². The maximum absolute atomic E-state index is 9.73. The van der Waals surface area contributed by atoms with Crippen LogP contribution in [0.2, 0.25) is 0 Å². The van der Waals surface area contributed by atoms with E-state index in [1.165, 1.54) is 11.8 Å². The summed E-state index contributed by atoms with van der Waals surface area (Å²) in [5.41, 5.74) is 5.18. The summed E-state index contributed by atoms with van der Waals surface area (Å²) in [4.78, 5) is 1.72. The molecule has 8 heteroatoms. The normalized spacial score (nSPS) is 37.9. The second-order valence-electron chi connectivity index (χ2n) is 4.06. The summed E-state index contributed by atoms with van der Waals surface area (Å²) in [6, 6.07) is -0.754. The first-order valence-electron chi connectivity index (χ1n) is 5.14. The Labute approximate surface area is 110 Å². The summed E-state index contributed by atoms with van der Waals surface area (Å²) >= 11 is 6.29. The van der Waals surface area contributed by atoms with E-state index in [9.17, 15) is 10.2 Å². The molecule has 0 unspecified atom stereocenters. The molecular formula is C9H18N2O4S2. The number of thioether (sulfide) groups is 1. The molecule has 1 aliphatic heterocycles. The van der Waals surface area contributed by atoms with Crippen molar-refractivity contribution < 1.29 is 20.1 Å². The molecule has 100 valence electrons. The number of aliphatic hydroxyl groups is 3. The highest BCUT2D eigenvalue weighted by atomic mass is 32.2. The lowest BCUT2D eigenvalue weighted by Crippen LogP contribution is -2.61. The van der Waals surface area contributed by atoms with Crippen molar-refractivity contribution in [2.75, 3.05) is 20.7 Å². The van der Waals surface area contributed by atoms with E-state index < -0.39 is 29.8 Å². The van der Waals surface area contributed by atoms with E-state index in [-0.39, 0.29) is 6.61 Å². The van der Waals surface area contributed by atoms with Crippen LogP contribution in [0.4, 0.5) is 0 Å². The molecule has 0 aromatic heterocycles. The maximum atomic E-state index is 9.73. The number of nitrogens with zero attached hydrogens (tertiary/aromatic N) is 1. The Hall–Kier alpha value is 0.0400. The van der Waals surface area contributed by atoms with Gasteiger partial charge in [-0.25, -0.2) is 0 Å². The molecule has 1 rings (SSSR count). The Morgan fingerprint density at radius 3 is 2.47 bits per heavy atom. The molecule has 1 saturated heterocycles. The fourth-order valence-corrected chi connectivity index (χ4v) is 2.62. The minimum absolute atomic E-state index is 0.378. The molecule has 0 aromatic rings. The number of ether oxygens (including phenoxy) is 1. The largest absolute Gasteiger partial charge is 0.394 e. The number of thiocarbonyl (C=S) groups is 1. The molecular weight excluding hydrogens is 264 g/mol. The summed E-state index contributed by atoms with van der Waals surface area (Å²) < 4.78 is 5.98. The zero-order chi connectivity index (χ0) is 13.2. The predicted octanol–water partition coefficient (Wildman–Crippen LogP) is -1.67. The predicted molar refractivity (Wildman–Crippen MR) is 69.6 cm³/mol. The lowest BCUT2D eigenvalue weighted by Gasteiger charge is -2.40. The van der Waals surface area contributed by atoms with E-state index in [1.54, 1.807) is 19.0 Å². The Morgan fingerprint density at radius 1 is 1.41 bits per heavy atom. The molecule has 5 N–H and O–H groups in total. The van der Waals surface area contributed by atoms with Gasteiger partial charge in [0.15, 0.2) is 0 Å². The maximum Gasteiger partial charge on any atom is 0.138 e. The monoisotopic (exact) mass is 282 g/mol. The minimum Gasteiger partial charge on any atom is -0.394 e. The Balaban J connectivity index is 2.69. The van der Waals surface area contributed by atoms with Gasteiger partial charge >= 0.3 is 0 Å². The minimum atomic E-state index is -1.18. The van der Waals surface area contributed by atoms with Crippen molar-refractivity contribution in [3.8, 4) is 0 Å². The van der Waals surface area contributed by atoms with Gasteiger partial charge < -0.3 is 30.7 Å². The smallest absolute Gasteiger partial charge is 0.138 e. The molecule has 6 nitrogen and oxygen atoms in total. The highest BCUT2D eigenvalue weighted by Crippen LogP contribution is 2.28. The number of aliphatic hydroxyl groups excluding tert-OH is 3. The Morgan fingerprint density at radius 2 is 2.00 bits per heavy atom. The van der Waals surface area contributed by atoms with Crippen LogP contribution in [0.1, 0.15) is 0 Å². The van der Waals surface area contributed by atoms with Crippen molar-refractivity contribution in [1.82, 2.24) is 4.90 Å². The van der Waals surface area contributed by atoms with Crippen molar-refractivity contribution in [1.29, 1.82) is 0 Å². The van der Waals surface area contributed by atoms with Crippen molar-refractivity contribution in [2.24, 2.45) is 5.73 Å². The summed E-state index contributed by atoms with van der Waals surface area (Å²) in [5.74, 6) is 0. The SMILES string of the molecule is CN(C)C(=S)S[C@@H]1O[C@H](CO)[C@@H](O)[C@H](O)[C@H]1N. The quantitative estimate of drug-likeness (QED) is 0.446. The first-order chi connectivity index (χ1) is 7.88. The molecule has 5 atom stereocenters. The zero-order valence-corrected chi connectivity index (χ0v) is 11.3. The second-order valence-corrected chi connectivity index (χ2v) is 5.79. The summed E-state index contributed by atoms with van der Waals surface area (Å²) in [5, 5.41) is 28.4. The summed E-state index contributed by atoms with van der Waals surface area (Å²) in [7, 11) is 3.58. The van der Waals surface area contributed by atoms with Crippen LogP contribution in [-0.2, 0) is 4.74 Å². The molecule has 1 fully saturated rings. The Kier molecular flexibility index (Phi) is 5.58. The van der Waals surface area contributed by atoms with Gasteiger partial charge in [0.1, 0.15) is 28.1 Å². The van der Waals surface area contributed by atoms with Crippen LogP contribution in [0.5, 0.6) is 0 Å². The van der Waals surface area contributed by atoms with Crippen molar-refractivity contribution in [2.45, 2.75) is 29.8 Å². The molecule has 0 aliphatic carbocycles. The van der Waals surface area contributed by atoms with Gasteiger partial charge in [-0.15, -0.1) is 0 Å². The van der Waals surface area contributed by atoms with Gasteiger partial charge in [0.05, 0.1) is 12.6 Å².